The van der Waals surface area contributed by atoms with Gasteiger partial charge in [-0.05, 0) is 17.7 Å². The molecule has 1 amide bonds. The third-order valence-corrected chi connectivity index (χ3v) is 3.31. The van der Waals surface area contributed by atoms with Crippen LogP contribution >= 0.6 is 0 Å². The van der Waals surface area contributed by atoms with Gasteiger partial charge in [-0.15, -0.1) is 6.58 Å². The monoisotopic (exact) mass is 305 g/mol. The highest BCUT2D eigenvalue weighted by Crippen LogP contribution is 2.13. The van der Waals surface area contributed by atoms with E-state index < -0.39 is 0 Å². The molecule has 1 rings (SSSR count). The molecule has 0 radical (unpaired) electrons. The lowest BCUT2D eigenvalue weighted by atomic mass is 10.1. The molecular weight excluding hydrogens is 282 g/mol. The molecule has 5 heteroatoms. The first-order valence-electron chi connectivity index (χ1n) is 7.11. The summed E-state index contributed by atoms with van der Waals surface area (Å²) in [6, 6.07) is 7.34. The maximum absolute atomic E-state index is 12.4. The van der Waals surface area contributed by atoms with Crippen molar-refractivity contribution in [2.24, 2.45) is 5.92 Å². The lowest BCUT2D eigenvalue weighted by Gasteiger charge is -2.24. The molecule has 0 fully saturated rings. The highest BCUT2D eigenvalue weighted by Gasteiger charge is 2.20. The fraction of sp³-hybridized carbons (Fsp3) is 0.412. The van der Waals surface area contributed by atoms with Crippen LogP contribution in [0.15, 0.2) is 36.9 Å². The van der Waals surface area contributed by atoms with Crippen molar-refractivity contribution in [3.8, 4) is 5.75 Å². The number of benzene rings is 1. The minimum atomic E-state index is -0.371. The molecule has 0 aliphatic carbocycles. The molecule has 120 valence electrons. The summed E-state index contributed by atoms with van der Waals surface area (Å²) in [5, 5.41) is 0. The van der Waals surface area contributed by atoms with Crippen molar-refractivity contribution in [3.63, 3.8) is 0 Å². The van der Waals surface area contributed by atoms with Gasteiger partial charge >= 0.3 is 5.97 Å². The van der Waals surface area contributed by atoms with Crippen LogP contribution in [0.5, 0.6) is 5.75 Å². The highest BCUT2D eigenvalue weighted by molar-refractivity contribution is 5.80. The van der Waals surface area contributed by atoms with Crippen molar-refractivity contribution >= 4 is 11.9 Å². The summed E-state index contributed by atoms with van der Waals surface area (Å²) < 4.78 is 9.79. The van der Waals surface area contributed by atoms with Crippen LogP contribution in [0.25, 0.3) is 0 Å². The molecule has 0 bridgehead atoms. The van der Waals surface area contributed by atoms with Gasteiger partial charge in [0.05, 0.1) is 26.6 Å². The summed E-state index contributed by atoms with van der Waals surface area (Å²) in [6.07, 6.45) is 1.92. The van der Waals surface area contributed by atoms with Crippen LogP contribution in [-0.2, 0) is 20.7 Å². The van der Waals surface area contributed by atoms with Gasteiger partial charge in [0.1, 0.15) is 5.75 Å². The number of hydrogen-bond donors (Lipinski definition) is 0. The third-order valence-electron chi connectivity index (χ3n) is 3.31. The molecule has 0 N–H and O–H groups in total. The van der Waals surface area contributed by atoms with Gasteiger partial charge in [-0.1, -0.05) is 25.1 Å². The van der Waals surface area contributed by atoms with Gasteiger partial charge in [0.2, 0.25) is 5.91 Å². The molecule has 1 atom stereocenters. The van der Waals surface area contributed by atoms with E-state index in [0.29, 0.717) is 13.1 Å². The molecule has 1 aromatic carbocycles. The van der Waals surface area contributed by atoms with Crippen molar-refractivity contribution < 1.29 is 19.1 Å². The van der Waals surface area contributed by atoms with Crippen molar-refractivity contribution in [3.05, 3.63) is 42.5 Å². The summed E-state index contributed by atoms with van der Waals surface area (Å²) >= 11 is 0. The second kappa shape index (κ2) is 8.87. The Bertz CT molecular complexity index is 510. The Morgan fingerprint density at radius 3 is 2.41 bits per heavy atom. The molecule has 0 saturated carbocycles. The Morgan fingerprint density at radius 2 is 1.91 bits per heavy atom. The molecule has 1 unspecified atom stereocenters. The van der Waals surface area contributed by atoms with E-state index in [-0.39, 0.29) is 24.2 Å². The average molecular weight is 305 g/mol. The van der Waals surface area contributed by atoms with E-state index in [2.05, 4.69) is 6.58 Å². The SMILES string of the molecule is C=CCN(CC(C)C(=O)OC)C(=O)Cc1ccc(OC)cc1. The molecule has 0 aromatic heterocycles. The number of rotatable bonds is 8. The molecule has 0 aliphatic rings. The topological polar surface area (TPSA) is 55.8 Å². The minimum absolute atomic E-state index is 0.0548. The summed E-state index contributed by atoms with van der Waals surface area (Å²) in [5.74, 6) is -0.00430. The van der Waals surface area contributed by atoms with Gasteiger partial charge in [-0.3, -0.25) is 9.59 Å². The Hall–Kier alpha value is -2.30. The first-order valence-corrected chi connectivity index (χ1v) is 7.11. The van der Waals surface area contributed by atoms with Crippen LogP contribution in [0.3, 0.4) is 0 Å². The Balaban J connectivity index is 2.71. The number of hydrogen-bond acceptors (Lipinski definition) is 4. The number of carbonyl (C=O) groups excluding carboxylic acids is 2. The molecule has 1 aromatic rings. The smallest absolute Gasteiger partial charge is 0.310 e. The van der Waals surface area contributed by atoms with E-state index in [1.54, 1.807) is 25.0 Å². The maximum Gasteiger partial charge on any atom is 0.310 e. The zero-order valence-corrected chi connectivity index (χ0v) is 13.4. The second-order valence-corrected chi connectivity index (χ2v) is 5.04. The summed E-state index contributed by atoms with van der Waals surface area (Å²) in [7, 11) is 2.94. The van der Waals surface area contributed by atoms with Crippen molar-refractivity contribution in [2.75, 3.05) is 27.3 Å². The van der Waals surface area contributed by atoms with Gasteiger partial charge in [-0.2, -0.15) is 0 Å². The number of carbonyl (C=O) groups is 2. The number of methoxy groups -OCH3 is 2. The number of amides is 1. The molecule has 5 nitrogen and oxygen atoms in total. The molecule has 22 heavy (non-hydrogen) atoms. The number of esters is 1. The standard InChI is InChI=1S/C17H23NO4/c1-5-10-18(12-13(2)17(20)22-4)16(19)11-14-6-8-15(21-3)9-7-14/h5-9,13H,1,10-12H2,2-4H3. The molecule has 0 heterocycles. The lowest BCUT2D eigenvalue weighted by Crippen LogP contribution is -2.38. The fourth-order valence-corrected chi connectivity index (χ4v) is 2.07. The fourth-order valence-electron chi connectivity index (χ4n) is 2.07. The van der Waals surface area contributed by atoms with E-state index in [9.17, 15) is 9.59 Å². The normalized spacial score (nSPS) is 11.4. The lowest BCUT2D eigenvalue weighted by molar-refractivity contribution is -0.146. The predicted octanol–water partition coefficient (Wildman–Crippen LogP) is 2.06. The first-order chi connectivity index (χ1) is 10.5. The van der Waals surface area contributed by atoms with Gasteiger partial charge in [-0.25, -0.2) is 0 Å². The van der Waals surface area contributed by atoms with Crippen LogP contribution in [0.1, 0.15) is 12.5 Å². The zero-order chi connectivity index (χ0) is 16.5. The van der Waals surface area contributed by atoms with Crippen molar-refractivity contribution in [2.45, 2.75) is 13.3 Å². The number of ether oxygens (including phenoxy) is 2. The summed E-state index contributed by atoms with van der Waals surface area (Å²) in [4.78, 5) is 25.5. The Morgan fingerprint density at radius 1 is 1.27 bits per heavy atom. The van der Waals surface area contributed by atoms with E-state index in [0.717, 1.165) is 11.3 Å². The molecule has 0 aliphatic heterocycles. The van der Waals surface area contributed by atoms with E-state index in [4.69, 9.17) is 9.47 Å². The highest BCUT2D eigenvalue weighted by atomic mass is 16.5. The van der Waals surface area contributed by atoms with Crippen LogP contribution in [0.2, 0.25) is 0 Å². The van der Waals surface area contributed by atoms with E-state index >= 15 is 0 Å². The zero-order valence-electron chi connectivity index (χ0n) is 13.4. The minimum Gasteiger partial charge on any atom is -0.497 e. The number of nitrogens with zero attached hydrogens (tertiary/aromatic N) is 1. The average Bonchev–Trinajstić information content (AvgIpc) is 2.54. The summed E-state index contributed by atoms with van der Waals surface area (Å²) in [5.41, 5.74) is 0.894. The Kier molecular flexibility index (Phi) is 7.16. The van der Waals surface area contributed by atoms with Gasteiger partial charge in [0, 0.05) is 13.1 Å². The van der Waals surface area contributed by atoms with Crippen molar-refractivity contribution in [1.29, 1.82) is 0 Å². The van der Waals surface area contributed by atoms with Crippen LogP contribution in [0.4, 0.5) is 0 Å². The van der Waals surface area contributed by atoms with Crippen LogP contribution < -0.4 is 4.74 Å². The second-order valence-electron chi connectivity index (χ2n) is 5.04. The van der Waals surface area contributed by atoms with Gasteiger partial charge < -0.3 is 14.4 Å². The van der Waals surface area contributed by atoms with E-state index in [1.807, 2.05) is 24.3 Å². The van der Waals surface area contributed by atoms with Crippen LogP contribution in [0, 0.1) is 5.92 Å². The van der Waals surface area contributed by atoms with Gasteiger partial charge in [0.25, 0.3) is 0 Å². The van der Waals surface area contributed by atoms with Crippen molar-refractivity contribution in [1.82, 2.24) is 4.90 Å². The third kappa shape index (κ3) is 5.24. The summed E-state index contributed by atoms with van der Waals surface area (Å²) in [6.45, 7) is 6.11. The quantitative estimate of drug-likeness (QED) is 0.545. The largest absolute Gasteiger partial charge is 0.497 e. The Labute approximate surface area is 131 Å². The maximum atomic E-state index is 12.4. The predicted molar refractivity (Wildman–Crippen MR) is 84.7 cm³/mol. The first kappa shape index (κ1) is 17.8. The molecule has 0 spiro atoms. The van der Waals surface area contributed by atoms with E-state index in [1.165, 1.54) is 7.11 Å². The van der Waals surface area contributed by atoms with Crippen LogP contribution in [-0.4, -0.2) is 44.1 Å². The van der Waals surface area contributed by atoms with Gasteiger partial charge in [0.15, 0.2) is 0 Å². The molecule has 0 saturated heterocycles. The molecular formula is C17H23NO4.